The Hall–Kier alpha value is -2.86. The van der Waals surface area contributed by atoms with Crippen molar-refractivity contribution in [3.63, 3.8) is 0 Å². The molecule has 0 aliphatic heterocycles. The van der Waals surface area contributed by atoms with Gasteiger partial charge >= 0.3 is 0 Å². The highest BCUT2D eigenvalue weighted by molar-refractivity contribution is 6.30. The number of hydrogen-bond acceptors (Lipinski definition) is 4. The molecular formula is C18H18ClN5O. The van der Waals surface area contributed by atoms with Crippen LogP contribution in [0.5, 0.6) is 0 Å². The second kappa shape index (κ2) is 6.94. The van der Waals surface area contributed by atoms with Gasteiger partial charge in [0.2, 0.25) is 5.95 Å². The monoisotopic (exact) mass is 355 g/mol. The minimum absolute atomic E-state index is 0.217. The summed E-state index contributed by atoms with van der Waals surface area (Å²) in [7, 11) is 0. The third-order valence-corrected chi connectivity index (χ3v) is 4.05. The molecular weight excluding hydrogens is 338 g/mol. The molecule has 3 aromatic rings. The fraction of sp³-hybridized carbons (Fsp3) is 0.167. The van der Waals surface area contributed by atoms with Crippen molar-refractivity contribution in [2.24, 2.45) is 5.10 Å². The highest BCUT2D eigenvalue weighted by Gasteiger charge is 2.09. The van der Waals surface area contributed by atoms with E-state index in [4.69, 9.17) is 11.6 Å². The van der Waals surface area contributed by atoms with Crippen LogP contribution in [0.15, 0.2) is 46.3 Å². The lowest BCUT2D eigenvalue weighted by Crippen LogP contribution is -2.10. The Bertz CT molecular complexity index is 986. The van der Waals surface area contributed by atoms with E-state index in [9.17, 15) is 4.79 Å². The normalized spacial score (nSPS) is 11.2. The van der Waals surface area contributed by atoms with Gasteiger partial charge in [0.15, 0.2) is 0 Å². The fourth-order valence-electron chi connectivity index (χ4n) is 2.70. The number of hydrogen-bond donors (Lipinski definition) is 2. The molecule has 0 saturated heterocycles. The first-order valence-electron chi connectivity index (χ1n) is 7.76. The number of aromatic amines is 1. The van der Waals surface area contributed by atoms with Gasteiger partial charge in [0, 0.05) is 39.4 Å². The van der Waals surface area contributed by atoms with Crippen molar-refractivity contribution in [3.8, 4) is 5.69 Å². The number of nitrogens with zero attached hydrogens (tertiary/aromatic N) is 3. The Labute approximate surface area is 150 Å². The van der Waals surface area contributed by atoms with Gasteiger partial charge in [-0.3, -0.25) is 9.78 Å². The predicted molar refractivity (Wildman–Crippen MR) is 101 cm³/mol. The molecule has 7 heteroatoms. The number of H-pyrrole nitrogens is 1. The van der Waals surface area contributed by atoms with Crippen LogP contribution in [0, 0.1) is 20.8 Å². The van der Waals surface area contributed by atoms with E-state index in [0.29, 0.717) is 16.7 Å². The van der Waals surface area contributed by atoms with Gasteiger partial charge in [0.1, 0.15) is 0 Å². The second-order valence-electron chi connectivity index (χ2n) is 5.74. The van der Waals surface area contributed by atoms with Crippen LogP contribution in [0.4, 0.5) is 5.95 Å². The highest BCUT2D eigenvalue weighted by Crippen LogP contribution is 2.21. The fourth-order valence-corrected chi connectivity index (χ4v) is 2.83. The number of aryl methyl sites for hydroxylation is 2. The molecule has 0 bridgehead atoms. The third-order valence-electron chi connectivity index (χ3n) is 3.80. The summed E-state index contributed by atoms with van der Waals surface area (Å²) in [5, 5.41) is 4.88. The summed E-state index contributed by atoms with van der Waals surface area (Å²) in [4.78, 5) is 18.2. The average molecular weight is 356 g/mol. The van der Waals surface area contributed by atoms with Gasteiger partial charge in [0.05, 0.1) is 6.21 Å². The molecule has 0 fully saturated rings. The molecule has 3 rings (SSSR count). The molecule has 0 atom stereocenters. The minimum atomic E-state index is -0.217. The van der Waals surface area contributed by atoms with E-state index >= 15 is 0 Å². The Kier molecular flexibility index (Phi) is 4.72. The van der Waals surface area contributed by atoms with E-state index < -0.39 is 0 Å². The van der Waals surface area contributed by atoms with Gasteiger partial charge < -0.3 is 4.57 Å². The molecule has 2 heterocycles. The molecule has 25 heavy (non-hydrogen) atoms. The molecule has 0 spiro atoms. The summed E-state index contributed by atoms with van der Waals surface area (Å²) in [6.45, 7) is 5.81. The van der Waals surface area contributed by atoms with Gasteiger partial charge in [-0.1, -0.05) is 11.6 Å². The van der Waals surface area contributed by atoms with E-state index in [1.165, 1.54) is 6.07 Å². The third kappa shape index (κ3) is 3.80. The SMILES string of the molecule is Cc1cc(=O)[nH]c(N/N=C\c2cc(C)n(-c3ccc(Cl)cc3)c2C)n1. The van der Waals surface area contributed by atoms with Crippen molar-refractivity contribution in [2.45, 2.75) is 20.8 Å². The largest absolute Gasteiger partial charge is 0.318 e. The quantitative estimate of drug-likeness (QED) is 0.554. The van der Waals surface area contributed by atoms with Crippen molar-refractivity contribution in [3.05, 3.63) is 74.4 Å². The lowest BCUT2D eigenvalue weighted by molar-refractivity contribution is 0.965. The number of halogens is 1. The topological polar surface area (TPSA) is 75.1 Å². The molecule has 2 aromatic heterocycles. The van der Waals surface area contributed by atoms with Crippen LogP contribution in [0.25, 0.3) is 5.69 Å². The van der Waals surface area contributed by atoms with Gasteiger partial charge in [-0.15, -0.1) is 0 Å². The summed E-state index contributed by atoms with van der Waals surface area (Å²) in [6.07, 6.45) is 1.71. The van der Waals surface area contributed by atoms with E-state index in [-0.39, 0.29) is 5.56 Å². The number of rotatable bonds is 4. The van der Waals surface area contributed by atoms with Crippen LogP contribution < -0.4 is 11.0 Å². The maximum Gasteiger partial charge on any atom is 0.252 e. The molecule has 0 unspecified atom stereocenters. The summed E-state index contributed by atoms with van der Waals surface area (Å²) >= 11 is 5.96. The number of anilines is 1. The average Bonchev–Trinajstić information content (AvgIpc) is 2.82. The number of nitrogens with one attached hydrogen (secondary N) is 2. The van der Waals surface area contributed by atoms with Crippen LogP contribution in [-0.4, -0.2) is 20.7 Å². The predicted octanol–water partition coefficient (Wildman–Crippen LogP) is 3.59. The molecule has 0 radical (unpaired) electrons. The van der Waals surface area contributed by atoms with Crippen LogP contribution in [0.2, 0.25) is 5.02 Å². The zero-order valence-electron chi connectivity index (χ0n) is 14.2. The molecule has 0 saturated carbocycles. The minimum Gasteiger partial charge on any atom is -0.318 e. The summed E-state index contributed by atoms with van der Waals surface area (Å²) in [6, 6.07) is 11.2. The zero-order valence-corrected chi connectivity index (χ0v) is 14.9. The van der Waals surface area contributed by atoms with Crippen molar-refractivity contribution in [1.29, 1.82) is 0 Å². The molecule has 1 aromatic carbocycles. The first-order valence-corrected chi connectivity index (χ1v) is 8.14. The Balaban J connectivity index is 1.85. The van der Waals surface area contributed by atoms with E-state index in [2.05, 4.69) is 25.1 Å². The van der Waals surface area contributed by atoms with Crippen molar-refractivity contribution < 1.29 is 0 Å². The van der Waals surface area contributed by atoms with Crippen LogP contribution >= 0.6 is 11.6 Å². The molecule has 2 N–H and O–H groups in total. The van der Waals surface area contributed by atoms with Crippen molar-refractivity contribution >= 4 is 23.8 Å². The molecule has 0 amide bonds. The van der Waals surface area contributed by atoms with Crippen LogP contribution in [-0.2, 0) is 0 Å². The van der Waals surface area contributed by atoms with E-state index in [0.717, 1.165) is 22.6 Å². The highest BCUT2D eigenvalue weighted by atomic mass is 35.5. The van der Waals surface area contributed by atoms with E-state index in [1.807, 2.05) is 44.2 Å². The number of benzene rings is 1. The van der Waals surface area contributed by atoms with Gasteiger partial charge in [-0.25, -0.2) is 10.4 Å². The first-order chi connectivity index (χ1) is 11.9. The van der Waals surface area contributed by atoms with Gasteiger partial charge in [-0.05, 0) is 51.1 Å². The lowest BCUT2D eigenvalue weighted by atomic mass is 10.2. The number of hydrazone groups is 1. The first kappa shape index (κ1) is 17.0. The maximum absolute atomic E-state index is 11.4. The zero-order chi connectivity index (χ0) is 18.0. The maximum atomic E-state index is 11.4. The Morgan fingerprint density at radius 2 is 1.92 bits per heavy atom. The Morgan fingerprint density at radius 1 is 1.20 bits per heavy atom. The van der Waals surface area contributed by atoms with Gasteiger partial charge in [-0.2, -0.15) is 5.10 Å². The smallest absolute Gasteiger partial charge is 0.252 e. The molecule has 6 nitrogen and oxygen atoms in total. The standard InChI is InChI=1S/C18H18ClN5O/c1-11-8-17(25)22-18(21-11)23-20-10-14-9-12(2)24(13(14)3)16-6-4-15(19)5-7-16/h4-10H,1-3H3,(H2,21,22,23,25)/b20-10-. The lowest BCUT2D eigenvalue weighted by Gasteiger charge is -2.09. The summed E-state index contributed by atoms with van der Waals surface area (Å²) in [5.74, 6) is 0.313. The van der Waals surface area contributed by atoms with Gasteiger partial charge in [0.25, 0.3) is 5.56 Å². The van der Waals surface area contributed by atoms with Crippen molar-refractivity contribution in [2.75, 3.05) is 5.43 Å². The van der Waals surface area contributed by atoms with Crippen molar-refractivity contribution in [1.82, 2.24) is 14.5 Å². The summed E-state index contributed by atoms with van der Waals surface area (Å²) < 4.78 is 2.13. The Morgan fingerprint density at radius 3 is 2.60 bits per heavy atom. The molecule has 0 aliphatic carbocycles. The second-order valence-corrected chi connectivity index (χ2v) is 6.18. The van der Waals surface area contributed by atoms with Crippen LogP contribution in [0.1, 0.15) is 22.6 Å². The molecule has 128 valence electrons. The number of aromatic nitrogens is 3. The van der Waals surface area contributed by atoms with E-state index in [1.54, 1.807) is 13.1 Å². The molecule has 0 aliphatic rings. The van der Waals surface area contributed by atoms with Crippen LogP contribution in [0.3, 0.4) is 0 Å². The summed E-state index contributed by atoms with van der Waals surface area (Å²) in [5.41, 5.74) is 7.31.